The molecule has 3 aromatic rings. The topological polar surface area (TPSA) is 85.4 Å². The number of para-hydroxylation sites is 1. The van der Waals surface area contributed by atoms with Crippen molar-refractivity contribution in [3.63, 3.8) is 0 Å². The second-order valence-electron chi connectivity index (χ2n) is 5.73. The van der Waals surface area contributed by atoms with Crippen LogP contribution in [-0.2, 0) is 0 Å². The number of anilines is 3. The molecule has 0 aliphatic heterocycles. The SMILES string of the molecule is COc1ccc(NC(=O)c2ccnc(Nc3ccccc3C)n2)c(OC)c1. The second kappa shape index (κ2) is 8.18. The molecule has 0 saturated heterocycles. The van der Waals surface area contributed by atoms with Crippen LogP contribution in [0.25, 0.3) is 0 Å². The third-order valence-corrected chi connectivity index (χ3v) is 3.94. The number of rotatable bonds is 6. The number of nitrogens with zero attached hydrogens (tertiary/aromatic N) is 2. The molecule has 2 N–H and O–H groups in total. The summed E-state index contributed by atoms with van der Waals surface area (Å²) in [6.07, 6.45) is 1.54. The maximum absolute atomic E-state index is 12.6. The van der Waals surface area contributed by atoms with E-state index >= 15 is 0 Å². The van der Waals surface area contributed by atoms with Gasteiger partial charge in [-0.1, -0.05) is 18.2 Å². The Morgan fingerprint density at radius 1 is 1.00 bits per heavy atom. The van der Waals surface area contributed by atoms with Gasteiger partial charge in [-0.05, 0) is 36.8 Å². The smallest absolute Gasteiger partial charge is 0.274 e. The van der Waals surface area contributed by atoms with Crippen molar-refractivity contribution in [2.45, 2.75) is 6.92 Å². The van der Waals surface area contributed by atoms with Crippen LogP contribution in [0.15, 0.2) is 54.7 Å². The maximum atomic E-state index is 12.6. The predicted molar refractivity (Wildman–Crippen MR) is 104 cm³/mol. The summed E-state index contributed by atoms with van der Waals surface area (Å²) < 4.78 is 10.5. The second-order valence-corrected chi connectivity index (χ2v) is 5.73. The number of aromatic nitrogens is 2. The first-order chi connectivity index (χ1) is 13.1. The minimum atomic E-state index is -0.367. The molecule has 2 aromatic carbocycles. The van der Waals surface area contributed by atoms with E-state index in [0.717, 1.165) is 11.3 Å². The van der Waals surface area contributed by atoms with E-state index in [1.807, 2.05) is 31.2 Å². The molecule has 1 amide bonds. The van der Waals surface area contributed by atoms with Crippen molar-refractivity contribution in [3.8, 4) is 11.5 Å². The number of benzene rings is 2. The quantitative estimate of drug-likeness (QED) is 0.692. The lowest BCUT2D eigenvalue weighted by Crippen LogP contribution is -2.15. The van der Waals surface area contributed by atoms with Crippen LogP contribution < -0.4 is 20.1 Å². The number of ether oxygens (including phenoxy) is 2. The van der Waals surface area contributed by atoms with Crippen molar-refractivity contribution in [3.05, 3.63) is 66.0 Å². The zero-order chi connectivity index (χ0) is 19.2. The lowest BCUT2D eigenvalue weighted by atomic mass is 10.2. The highest BCUT2D eigenvalue weighted by atomic mass is 16.5. The summed E-state index contributed by atoms with van der Waals surface area (Å²) in [4.78, 5) is 21.1. The third kappa shape index (κ3) is 4.33. The van der Waals surface area contributed by atoms with Gasteiger partial charge in [-0.25, -0.2) is 9.97 Å². The molecule has 138 valence electrons. The number of methoxy groups -OCH3 is 2. The average molecular weight is 364 g/mol. The van der Waals surface area contributed by atoms with Gasteiger partial charge in [0, 0.05) is 18.0 Å². The Bertz CT molecular complexity index is 959. The third-order valence-electron chi connectivity index (χ3n) is 3.94. The van der Waals surface area contributed by atoms with E-state index in [1.54, 1.807) is 31.4 Å². The maximum Gasteiger partial charge on any atom is 0.274 e. The Morgan fingerprint density at radius 3 is 2.56 bits per heavy atom. The molecule has 3 rings (SSSR count). The Morgan fingerprint density at radius 2 is 1.81 bits per heavy atom. The van der Waals surface area contributed by atoms with Crippen LogP contribution in [0.1, 0.15) is 16.1 Å². The van der Waals surface area contributed by atoms with E-state index < -0.39 is 0 Å². The minimum absolute atomic E-state index is 0.235. The highest BCUT2D eigenvalue weighted by Crippen LogP contribution is 2.29. The van der Waals surface area contributed by atoms with E-state index in [-0.39, 0.29) is 11.6 Å². The molecule has 1 aromatic heterocycles. The Kier molecular flexibility index (Phi) is 5.51. The highest BCUT2D eigenvalue weighted by molar-refractivity contribution is 6.03. The lowest BCUT2D eigenvalue weighted by Gasteiger charge is -2.12. The van der Waals surface area contributed by atoms with Gasteiger partial charge in [0.2, 0.25) is 5.95 Å². The summed E-state index contributed by atoms with van der Waals surface area (Å²) in [6.45, 7) is 1.98. The predicted octanol–water partition coefficient (Wildman–Crippen LogP) is 3.80. The number of hydrogen-bond donors (Lipinski definition) is 2. The van der Waals surface area contributed by atoms with Gasteiger partial charge in [0.15, 0.2) is 0 Å². The molecule has 0 aliphatic rings. The Hall–Kier alpha value is -3.61. The molecule has 7 heteroatoms. The minimum Gasteiger partial charge on any atom is -0.497 e. The van der Waals surface area contributed by atoms with Crippen molar-refractivity contribution in [1.29, 1.82) is 0 Å². The van der Waals surface area contributed by atoms with E-state index in [2.05, 4.69) is 20.6 Å². The Balaban J connectivity index is 1.79. The average Bonchev–Trinajstić information content (AvgIpc) is 2.70. The molecular formula is C20H20N4O3. The van der Waals surface area contributed by atoms with Crippen molar-refractivity contribution < 1.29 is 14.3 Å². The van der Waals surface area contributed by atoms with Crippen LogP contribution in [0.4, 0.5) is 17.3 Å². The molecule has 27 heavy (non-hydrogen) atoms. The van der Waals surface area contributed by atoms with E-state index in [9.17, 15) is 4.79 Å². The largest absolute Gasteiger partial charge is 0.497 e. The number of hydrogen-bond acceptors (Lipinski definition) is 6. The van der Waals surface area contributed by atoms with Crippen LogP contribution in [0.3, 0.4) is 0 Å². The summed E-state index contributed by atoms with van der Waals surface area (Å²) in [5, 5.41) is 5.92. The summed E-state index contributed by atoms with van der Waals surface area (Å²) in [5.41, 5.74) is 2.69. The molecule has 7 nitrogen and oxygen atoms in total. The molecule has 0 spiro atoms. The number of aryl methyl sites for hydroxylation is 1. The van der Waals surface area contributed by atoms with Crippen LogP contribution in [0.2, 0.25) is 0 Å². The summed E-state index contributed by atoms with van der Waals surface area (Å²) in [7, 11) is 3.09. The van der Waals surface area contributed by atoms with Gasteiger partial charge in [-0.2, -0.15) is 0 Å². The van der Waals surface area contributed by atoms with Crippen molar-refractivity contribution in [2.24, 2.45) is 0 Å². The first-order valence-corrected chi connectivity index (χ1v) is 8.30. The molecule has 0 fully saturated rings. The van der Waals surface area contributed by atoms with E-state index in [1.165, 1.54) is 13.3 Å². The van der Waals surface area contributed by atoms with Gasteiger partial charge in [0.1, 0.15) is 17.2 Å². The number of carbonyl (C=O) groups is 1. The standard InChI is InChI=1S/C20H20N4O3/c1-13-6-4-5-7-15(13)23-20-21-11-10-17(24-20)19(25)22-16-9-8-14(26-2)12-18(16)27-3/h4-12H,1-3H3,(H,22,25)(H,21,23,24). The Labute approximate surface area is 157 Å². The van der Waals surface area contributed by atoms with Gasteiger partial charge in [-0.15, -0.1) is 0 Å². The number of nitrogens with one attached hydrogen (secondary N) is 2. The van der Waals surface area contributed by atoms with Crippen LogP contribution >= 0.6 is 0 Å². The van der Waals surface area contributed by atoms with Gasteiger partial charge in [0.05, 0.1) is 19.9 Å². The van der Waals surface area contributed by atoms with E-state index in [4.69, 9.17) is 9.47 Å². The molecule has 1 heterocycles. The molecule has 0 radical (unpaired) electrons. The fraction of sp³-hybridized carbons (Fsp3) is 0.150. The number of carbonyl (C=O) groups excluding carboxylic acids is 1. The van der Waals surface area contributed by atoms with Crippen molar-refractivity contribution in [1.82, 2.24) is 9.97 Å². The molecule has 0 saturated carbocycles. The lowest BCUT2D eigenvalue weighted by molar-refractivity contribution is 0.102. The van der Waals surface area contributed by atoms with E-state index in [0.29, 0.717) is 23.1 Å². The normalized spacial score (nSPS) is 10.2. The summed E-state index contributed by atoms with van der Waals surface area (Å²) in [5.74, 6) is 1.11. The van der Waals surface area contributed by atoms with Gasteiger partial charge in [-0.3, -0.25) is 4.79 Å². The molecular weight excluding hydrogens is 344 g/mol. The van der Waals surface area contributed by atoms with Crippen molar-refractivity contribution >= 4 is 23.2 Å². The van der Waals surface area contributed by atoms with Crippen LogP contribution in [0.5, 0.6) is 11.5 Å². The van der Waals surface area contributed by atoms with Crippen LogP contribution in [0, 0.1) is 6.92 Å². The van der Waals surface area contributed by atoms with Gasteiger partial charge < -0.3 is 20.1 Å². The van der Waals surface area contributed by atoms with Gasteiger partial charge in [0.25, 0.3) is 5.91 Å². The monoisotopic (exact) mass is 364 g/mol. The van der Waals surface area contributed by atoms with Gasteiger partial charge >= 0.3 is 0 Å². The molecule has 0 aliphatic carbocycles. The fourth-order valence-corrected chi connectivity index (χ4v) is 2.47. The molecule has 0 atom stereocenters. The van der Waals surface area contributed by atoms with Crippen molar-refractivity contribution in [2.75, 3.05) is 24.9 Å². The highest BCUT2D eigenvalue weighted by Gasteiger charge is 2.13. The summed E-state index contributed by atoms with van der Waals surface area (Å²) >= 11 is 0. The fourth-order valence-electron chi connectivity index (χ4n) is 2.47. The zero-order valence-corrected chi connectivity index (χ0v) is 15.3. The molecule has 0 bridgehead atoms. The first kappa shape index (κ1) is 18.2. The molecule has 0 unspecified atom stereocenters. The first-order valence-electron chi connectivity index (χ1n) is 8.30. The zero-order valence-electron chi connectivity index (χ0n) is 15.3. The number of amides is 1. The van der Waals surface area contributed by atoms with Crippen LogP contribution in [-0.4, -0.2) is 30.1 Å². The summed E-state index contributed by atoms with van der Waals surface area (Å²) in [6, 6.07) is 14.5.